The molecule has 0 unspecified atom stereocenters. The Morgan fingerprint density at radius 1 is 0.786 bits per heavy atom. The van der Waals surface area contributed by atoms with Gasteiger partial charge in [-0.2, -0.15) is 0 Å². The van der Waals surface area contributed by atoms with E-state index in [0.29, 0.717) is 5.78 Å². The average Bonchev–Trinajstić information content (AvgIpc) is 2.76. The first-order chi connectivity index (χ1) is 6.84. The molecule has 0 heterocycles. The van der Waals surface area contributed by atoms with Crippen molar-refractivity contribution in [2.45, 2.75) is 64.2 Å². The summed E-state index contributed by atoms with van der Waals surface area (Å²) in [6.45, 7) is 0. The van der Waals surface area contributed by atoms with Crippen molar-refractivity contribution in [3.8, 4) is 0 Å². The monoisotopic (exact) mass is 194 g/mol. The van der Waals surface area contributed by atoms with Gasteiger partial charge in [-0.05, 0) is 11.8 Å². The maximum absolute atomic E-state index is 11.8. The van der Waals surface area contributed by atoms with E-state index in [0.717, 1.165) is 24.7 Å². The van der Waals surface area contributed by atoms with Crippen molar-refractivity contribution in [3.63, 3.8) is 0 Å². The Kier molecular flexibility index (Phi) is 3.61. The fourth-order valence-electron chi connectivity index (χ4n) is 3.16. The summed E-state index contributed by atoms with van der Waals surface area (Å²) in [6, 6.07) is 0. The third-order valence-corrected chi connectivity index (χ3v) is 3.98. The second-order valence-electron chi connectivity index (χ2n) is 5.25. The molecule has 2 saturated carbocycles. The molecule has 0 N–H and O–H groups in total. The maximum Gasteiger partial charge on any atom is 0.133 e. The van der Waals surface area contributed by atoms with Crippen LogP contribution in [0.5, 0.6) is 0 Å². The SMILES string of the molecule is O=C(CC1CCCC1)CC1CCCC1. The van der Waals surface area contributed by atoms with Crippen molar-refractivity contribution in [2.75, 3.05) is 0 Å². The van der Waals surface area contributed by atoms with Crippen LogP contribution in [0.2, 0.25) is 0 Å². The minimum absolute atomic E-state index is 0.559. The lowest BCUT2D eigenvalue weighted by atomic mass is 9.94. The van der Waals surface area contributed by atoms with Gasteiger partial charge in [-0.15, -0.1) is 0 Å². The van der Waals surface area contributed by atoms with Gasteiger partial charge in [-0.3, -0.25) is 4.79 Å². The Morgan fingerprint density at radius 2 is 1.14 bits per heavy atom. The molecule has 0 atom stereocenters. The minimum Gasteiger partial charge on any atom is -0.300 e. The smallest absolute Gasteiger partial charge is 0.133 e. The molecule has 2 rings (SSSR count). The summed E-state index contributed by atoms with van der Waals surface area (Å²) < 4.78 is 0. The third kappa shape index (κ3) is 2.83. The van der Waals surface area contributed by atoms with Gasteiger partial charge in [0, 0.05) is 12.8 Å². The van der Waals surface area contributed by atoms with Crippen LogP contribution >= 0.6 is 0 Å². The van der Waals surface area contributed by atoms with Crippen LogP contribution in [-0.2, 0) is 4.79 Å². The quantitative estimate of drug-likeness (QED) is 0.666. The molecule has 0 bridgehead atoms. The van der Waals surface area contributed by atoms with Crippen LogP contribution in [0.3, 0.4) is 0 Å². The van der Waals surface area contributed by atoms with Gasteiger partial charge in [-0.25, -0.2) is 0 Å². The van der Waals surface area contributed by atoms with Crippen molar-refractivity contribution in [1.29, 1.82) is 0 Å². The van der Waals surface area contributed by atoms with Crippen LogP contribution in [0.15, 0.2) is 0 Å². The Labute approximate surface area is 87.3 Å². The molecule has 14 heavy (non-hydrogen) atoms. The Balaban J connectivity index is 1.66. The normalized spacial score (nSPS) is 24.6. The summed E-state index contributed by atoms with van der Waals surface area (Å²) in [5, 5.41) is 0. The standard InChI is InChI=1S/C13H22O/c14-13(9-11-5-1-2-6-11)10-12-7-3-4-8-12/h11-12H,1-10H2. The zero-order valence-corrected chi connectivity index (χ0v) is 9.13. The maximum atomic E-state index is 11.8. The first-order valence-corrected chi connectivity index (χ1v) is 6.36. The summed E-state index contributed by atoms with van der Waals surface area (Å²) in [7, 11) is 0. The number of carbonyl (C=O) groups is 1. The molecule has 0 aliphatic heterocycles. The highest BCUT2D eigenvalue weighted by Gasteiger charge is 2.22. The number of hydrogen-bond acceptors (Lipinski definition) is 1. The van der Waals surface area contributed by atoms with E-state index >= 15 is 0 Å². The Hall–Kier alpha value is -0.330. The zero-order chi connectivity index (χ0) is 9.80. The van der Waals surface area contributed by atoms with Gasteiger partial charge >= 0.3 is 0 Å². The highest BCUT2D eigenvalue weighted by atomic mass is 16.1. The molecule has 2 aliphatic carbocycles. The topological polar surface area (TPSA) is 17.1 Å². The molecule has 0 radical (unpaired) electrons. The number of hydrogen-bond donors (Lipinski definition) is 0. The Morgan fingerprint density at radius 3 is 1.50 bits per heavy atom. The van der Waals surface area contributed by atoms with Gasteiger partial charge in [-0.1, -0.05) is 51.4 Å². The molecule has 0 aromatic carbocycles. The fourth-order valence-corrected chi connectivity index (χ4v) is 3.16. The van der Waals surface area contributed by atoms with E-state index in [1.807, 2.05) is 0 Å². The van der Waals surface area contributed by atoms with Crippen LogP contribution < -0.4 is 0 Å². The molecule has 0 amide bonds. The zero-order valence-electron chi connectivity index (χ0n) is 9.13. The number of rotatable bonds is 4. The molecule has 0 spiro atoms. The highest BCUT2D eigenvalue weighted by Crippen LogP contribution is 2.31. The molecule has 80 valence electrons. The van der Waals surface area contributed by atoms with Gasteiger partial charge in [0.25, 0.3) is 0 Å². The van der Waals surface area contributed by atoms with Gasteiger partial charge in [0.2, 0.25) is 0 Å². The second-order valence-corrected chi connectivity index (χ2v) is 5.25. The molecular formula is C13H22O. The largest absolute Gasteiger partial charge is 0.300 e. The molecule has 0 aromatic rings. The molecule has 1 heteroatoms. The summed E-state index contributed by atoms with van der Waals surface area (Å²) in [4.78, 5) is 11.8. The van der Waals surface area contributed by atoms with Crippen LogP contribution in [-0.4, -0.2) is 5.78 Å². The lowest BCUT2D eigenvalue weighted by Gasteiger charge is -2.10. The molecule has 2 aliphatic rings. The predicted molar refractivity (Wildman–Crippen MR) is 58.2 cm³/mol. The van der Waals surface area contributed by atoms with E-state index in [-0.39, 0.29) is 0 Å². The van der Waals surface area contributed by atoms with Crippen molar-refractivity contribution < 1.29 is 4.79 Å². The molecule has 0 saturated heterocycles. The lowest BCUT2D eigenvalue weighted by molar-refractivity contribution is -0.120. The van der Waals surface area contributed by atoms with E-state index in [4.69, 9.17) is 0 Å². The van der Waals surface area contributed by atoms with E-state index in [9.17, 15) is 4.79 Å². The summed E-state index contributed by atoms with van der Waals surface area (Å²) in [5.74, 6) is 2.07. The van der Waals surface area contributed by atoms with Gasteiger partial charge in [0.1, 0.15) is 5.78 Å². The van der Waals surface area contributed by atoms with Gasteiger partial charge in [0.05, 0.1) is 0 Å². The van der Waals surface area contributed by atoms with Crippen LogP contribution in [0.25, 0.3) is 0 Å². The molecule has 2 fully saturated rings. The van der Waals surface area contributed by atoms with Crippen LogP contribution in [0.4, 0.5) is 0 Å². The van der Waals surface area contributed by atoms with Crippen LogP contribution in [0.1, 0.15) is 64.2 Å². The first-order valence-electron chi connectivity index (χ1n) is 6.36. The highest BCUT2D eigenvalue weighted by molar-refractivity contribution is 5.78. The first kappa shape index (κ1) is 10.2. The van der Waals surface area contributed by atoms with E-state index in [1.165, 1.54) is 51.4 Å². The minimum atomic E-state index is 0.559. The fraction of sp³-hybridized carbons (Fsp3) is 0.923. The molecular weight excluding hydrogens is 172 g/mol. The Bertz CT molecular complexity index is 165. The van der Waals surface area contributed by atoms with E-state index in [2.05, 4.69) is 0 Å². The van der Waals surface area contributed by atoms with Gasteiger partial charge < -0.3 is 0 Å². The predicted octanol–water partition coefficient (Wildman–Crippen LogP) is 3.72. The van der Waals surface area contributed by atoms with Gasteiger partial charge in [0.15, 0.2) is 0 Å². The summed E-state index contributed by atoms with van der Waals surface area (Å²) >= 11 is 0. The lowest BCUT2D eigenvalue weighted by Crippen LogP contribution is -2.09. The van der Waals surface area contributed by atoms with Crippen LogP contribution in [0, 0.1) is 11.8 Å². The van der Waals surface area contributed by atoms with Crippen molar-refractivity contribution in [1.82, 2.24) is 0 Å². The molecule has 0 aromatic heterocycles. The third-order valence-electron chi connectivity index (χ3n) is 3.98. The molecule has 1 nitrogen and oxygen atoms in total. The van der Waals surface area contributed by atoms with Crippen molar-refractivity contribution in [2.24, 2.45) is 11.8 Å². The van der Waals surface area contributed by atoms with E-state index in [1.54, 1.807) is 0 Å². The van der Waals surface area contributed by atoms with E-state index < -0.39 is 0 Å². The number of carbonyl (C=O) groups excluding carboxylic acids is 1. The second kappa shape index (κ2) is 4.95. The summed E-state index contributed by atoms with van der Waals surface area (Å²) in [6.07, 6.45) is 12.5. The average molecular weight is 194 g/mol. The van der Waals surface area contributed by atoms with Crippen molar-refractivity contribution >= 4 is 5.78 Å². The van der Waals surface area contributed by atoms with Crippen molar-refractivity contribution in [3.05, 3.63) is 0 Å². The number of ketones is 1. The number of Topliss-reactive ketones (excluding diaryl/α,β-unsaturated/α-hetero) is 1. The summed E-state index contributed by atoms with van der Waals surface area (Å²) in [5.41, 5.74) is 0.